The third kappa shape index (κ3) is 2.94. The Balaban J connectivity index is 1.76. The number of hydrogen-bond donors (Lipinski definition) is 1. The van der Waals surface area contributed by atoms with Crippen molar-refractivity contribution in [1.82, 2.24) is 0 Å². The summed E-state index contributed by atoms with van der Waals surface area (Å²) in [5.41, 5.74) is -2.02. The van der Waals surface area contributed by atoms with E-state index in [1.165, 1.54) is 0 Å². The highest BCUT2D eigenvalue weighted by Gasteiger charge is 2.84. The van der Waals surface area contributed by atoms with Crippen molar-refractivity contribution in [2.45, 2.75) is 59.5 Å². The summed E-state index contributed by atoms with van der Waals surface area (Å²) in [6, 6.07) is 0. The molecule has 0 radical (unpaired) electrons. The van der Waals surface area contributed by atoms with E-state index in [-0.39, 0.29) is 31.0 Å². The summed E-state index contributed by atoms with van der Waals surface area (Å²) in [4.78, 5) is 26.2. The number of allylic oxidation sites excluding steroid dienone is 1. The molecule has 0 unspecified atom stereocenters. The van der Waals surface area contributed by atoms with Crippen LogP contribution in [0.4, 0.5) is 0 Å². The van der Waals surface area contributed by atoms with Gasteiger partial charge in [0, 0.05) is 5.41 Å². The van der Waals surface area contributed by atoms with Gasteiger partial charge in [0.05, 0.1) is 31.0 Å². The fourth-order valence-electron chi connectivity index (χ4n) is 8.37. The molecule has 3 fully saturated rings. The number of hydrogen-bond acceptors (Lipinski definition) is 6. The smallest absolute Gasteiger partial charge is 0.315 e. The average molecular weight is 469 g/mol. The lowest BCUT2D eigenvalue weighted by Gasteiger charge is -2.58. The van der Waals surface area contributed by atoms with Crippen LogP contribution in [0.5, 0.6) is 0 Å². The van der Waals surface area contributed by atoms with Crippen LogP contribution in [0.3, 0.4) is 0 Å². The fraction of sp³-hybridized carbons (Fsp3) is 0.833. The third-order valence-corrected chi connectivity index (χ3v) is 9.85. The fourth-order valence-corrected chi connectivity index (χ4v) is 9.02. The maximum Gasteiger partial charge on any atom is 0.315 e. The largest absolute Gasteiger partial charge is 0.481 e. The maximum absolute atomic E-state index is 13.3. The zero-order valence-corrected chi connectivity index (χ0v) is 20.5. The summed E-state index contributed by atoms with van der Waals surface area (Å²) in [5, 5.41) is 10.9. The van der Waals surface area contributed by atoms with Crippen molar-refractivity contribution >= 4 is 22.4 Å². The van der Waals surface area contributed by atoms with Gasteiger partial charge in [0.25, 0.3) is 10.1 Å². The van der Waals surface area contributed by atoms with Crippen molar-refractivity contribution in [3.05, 3.63) is 11.6 Å². The Morgan fingerprint density at radius 1 is 1.28 bits per heavy atom. The SMILES string of the molecule is CC(C)C1=C[C@@H]2C[C@@]3(C=O)[C@H]4CC[C@H](C)[C@@H]4C[C@]2(COC[C@@H](C)OS(C)(=O)=O)[C@@]13C(=O)O. The van der Waals surface area contributed by atoms with Gasteiger partial charge in [-0.25, -0.2) is 0 Å². The molecule has 4 aliphatic rings. The lowest BCUT2D eigenvalue weighted by molar-refractivity contribution is -0.187. The first-order chi connectivity index (χ1) is 14.9. The predicted molar refractivity (Wildman–Crippen MR) is 118 cm³/mol. The second-order valence-electron chi connectivity index (χ2n) is 11.1. The Hall–Kier alpha value is -1.25. The van der Waals surface area contributed by atoms with Gasteiger partial charge in [-0.1, -0.05) is 38.8 Å². The van der Waals surface area contributed by atoms with E-state index in [2.05, 4.69) is 13.0 Å². The van der Waals surface area contributed by atoms with Crippen LogP contribution in [0, 0.1) is 45.8 Å². The van der Waals surface area contributed by atoms with Gasteiger partial charge in [0.1, 0.15) is 11.7 Å². The van der Waals surface area contributed by atoms with Gasteiger partial charge >= 0.3 is 5.97 Å². The van der Waals surface area contributed by atoms with Gasteiger partial charge in [-0.2, -0.15) is 8.42 Å². The molecule has 3 saturated carbocycles. The average Bonchev–Trinajstić information content (AvgIpc) is 3.23. The molecule has 0 aliphatic heterocycles. The summed E-state index contributed by atoms with van der Waals surface area (Å²) in [6.45, 7) is 8.09. The van der Waals surface area contributed by atoms with E-state index in [4.69, 9.17) is 8.92 Å². The monoisotopic (exact) mass is 468 g/mol. The van der Waals surface area contributed by atoms with Crippen molar-refractivity contribution in [2.24, 2.45) is 45.8 Å². The molecule has 4 rings (SSSR count). The van der Waals surface area contributed by atoms with Crippen LogP contribution >= 0.6 is 0 Å². The number of aldehydes is 1. The predicted octanol–water partition coefficient (Wildman–Crippen LogP) is 3.29. The standard InChI is InChI=1S/C24H36O7S/c1-14(2)20-8-17-9-22(12-25)19-7-6-15(3)18(19)10-23(17,24(20,22)21(26)27)13-30-11-16(4)31-32(5,28)29/h8,12,14-19H,6-7,9-11,13H2,1-5H3,(H,26,27)/t15-,16+,17+,18-,19-,22+,23+,24+/m0/s1. The number of carbonyl (C=O) groups excluding carboxylic acids is 1. The summed E-state index contributed by atoms with van der Waals surface area (Å²) in [7, 11) is -3.61. The number of rotatable bonds is 9. The lowest BCUT2D eigenvalue weighted by Crippen LogP contribution is -2.63. The third-order valence-electron chi connectivity index (χ3n) is 9.17. The summed E-state index contributed by atoms with van der Waals surface area (Å²) < 4.78 is 33.9. The molecule has 4 bridgehead atoms. The highest BCUT2D eigenvalue weighted by molar-refractivity contribution is 7.86. The number of carboxylic acids is 1. The van der Waals surface area contributed by atoms with E-state index < -0.39 is 38.4 Å². The van der Waals surface area contributed by atoms with E-state index in [0.29, 0.717) is 18.3 Å². The van der Waals surface area contributed by atoms with Gasteiger partial charge in [0.2, 0.25) is 0 Å². The molecule has 0 heterocycles. The van der Waals surface area contributed by atoms with Crippen LogP contribution < -0.4 is 0 Å². The minimum absolute atomic E-state index is 0.0120. The molecule has 7 nitrogen and oxygen atoms in total. The molecular weight excluding hydrogens is 432 g/mol. The Morgan fingerprint density at radius 3 is 2.53 bits per heavy atom. The molecule has 180 valence electrons. The van der Waals surface area contributed by atoms with Crippen LogP contribution in [-0.2, 0) is 28.6 Å². The van der Waals surface area contributed by atoms with Gasteiger partial charge in [-0.15, -0.1) is 0 Å². The van der Waals surface area contributed by atoms with Crippen LogP contribution in [-0.4, -0.2) is 51.4 Å². The molecule has 0 amide bonds. The topological polar surface area (TPSA) is 107 Å². The molecular formula is C24H36O7S. The van der Waals surface area contributed by atoms with Crippen LogP contribution in [0.2, 0.25) is 0 Å². The zero-order valence-electron chi connectivity index (χ0n) is 19.7. The highest BCUT2D eigenvalue weighted by Crippen LogP contribution is 2.82. The number of ether oxygens (including phenoxy) is 1. The first-order valence-electron chi connectivity index (χ1n) is 11.7. The van der Waals surface area contributed by atoms with Crippen LogP contribution in [0.25, 0.3) is 0 Å². The molecule has 32 heavy (non-hydrogen) atoms. The molecule has 0 spiro atoms. The van der Waals surface area contributed by atoms with Gasteiger partial charge < -0.3 is 14.6 Å². The van der Waals surface area contributed by atoms with E-state index >= 15 is 0 Å². The molecule has 8 atom stereocenters. The Kier molecular flexibility index (Phi) is 5.70. The molecule has 0 aromatic heterocycles. The number of fused-ring (bicyclic) bond motifs is 2. The summed E-state index contributed by atoms with van der Waals surface area (Å²) in [6.07, 6.45) is 6.65. The first-order valence-corrected chi connectivity index (χ1v) is 13.6. The zero-order chi connectivity index (χ0) is 23.7. The summed E-state index contributed by atoms with van der Waals surface area (Å²) in [5.74, 6) is -0.114. The second-order valence-corrected chi connectivity index (χ2v) is 12.7. The van der Waals surface area contributed by atoms with Gasteiger partial charge in [-0.3, -0.25) is 8.98 Å². The van der Waals surface area contributed by atoms with Crippen LogP contribution in [0.15, 0.2) is 11.6 Å². The summed E-state index contributed by atoms with van der Waals surface area (Å²) >= 11 is 0. The minimum Gasteiger partial charge on any atom is -0.481 e. The lowest BCUT2D eigenvalue weighted by atomic mass is 9.43. The molecule has 4 aliphatic carbocycles. The van der Waals surface area contributed by atoms with E-state index in [0.717, 1.165) is 37.4 Å². The molecule has 0 aromatic rings. The molecule has 8 heteroatoms. The Labute approximate surface area is 191 Å². The Bertz CT molecular complexity index is 940. The van der Waals surface area contributed by atoms with Gasteiger partial charge in [0.15, 0.2) is 0 Å². The second kappa shape index (κ2) is 7.64. The Morgan fingerprint density at radius 2 is 1.97 bits per heavy atom. The van der Waals surface area contributed by atoms with Crippen LogP contribution in [0.1, 0.15) is 53.4 Å². The molecule has 0 saturated heterocycles. The molecule has 1 N–H and O–H groups in total. The normalized spacial score (nSPS) is 43.2. The van der Waals surface area contributed by atoms with Crippen molar-refractivity contribution in [3.63, 3.8) is 0 Å². The minimum atomic E-state index is -3.61. The maximum atomic E-state index is 13.3. The number of carbonyl (C=O) groups is 2. The quantitative estimate of drug-likeness (QED) is 0.314. The molecule has 0 aromatic carbocycles. The van der Waals surface area contributed by atoms with E-state index in [1.54, 1.807) is 6.92 Å². The van der Waals surface area contributed by atoms with Gasteiger partial charge in [-0.05, 0) is 55.8 Å². The van der Waals surface area contributed by atoms with Crippen molar-refractivity contribution in [2.75, 3.05) is 19.5 Å². The number of carboxylic acid groups (broad SMARTS) is 1. The van der Waals surface area contributed by atoms with Crippen molar-refractivity contribution in [3.8, 4) is 0 Å². The van der Waals surface area contributed by atoms with E-state index in [1.807, 2.05) is 13.8 Å². The van der Waals surface area contributed by atoms with E-state index in [9.17, 15) is 23.1 Å². The number of aliphatic carboxylic acids is 1. The van der Waals surface area contributed by atoms with Crippen molar-refractivity contribution < 1.29 is 32.0 Å². The van der Waals surface area contributed by atoms with Crippen molar-refractivity contribution in [1.29, 1.82) is 0 Å². The highest BCUT2D eigenvalue weighted by atomic mass is 32.2. The first kappa shape index (κ1) is 23.9.